The van der Waals surface area contributed by atoms with Gasteiger partial charge in [0.2, 0.25) is 0 Å². The fraction of sp³-hybridized carbons (Fsp3) is 0.368. The minimum absolute atomic E-state index is 0.147. The van der Waals surface area contributed by atoms with E-state index in [1.807, 2.05) is 43.1 Å². The van der Waals surface area contributed by atoms with Gasteiger partial charge in [0.05, 0.1) is 24.7 Å². The molecule has 23 heavy (non-hydrogen) atoms. The molecule has 0 N–H and O–H groups in total. The van der Waals surface area contributed by atoms with Gasteiger partial charge < -0.3 is 9.64 Å². The van der Waals surface area contributed by atoms with Gasteiger partial charge >= 0.3 is 0 Å². The number of hydrogen-bond acceptors (Lipinski definition) is 4. The zero-order valence-electron chi connectivity index (χ0n) is 13.7. The van der Waals surface area contributed by atoms with Crippen LogP contribution in [0.15, 0.2) is 46.8 Å². The Morgan fingerprint density at radius 1 is 1.30 bits per heavy atom. The number of methoxy groups -OCH3 is 1. The lowest BCUT2D eigenvalue weighted by Crippen LogP contribution is -2.32. The van der Waals surface area contributed by atoms with E-state index in [0.717, 1.165) is 35.4 Å². The number of para-hydroxylation sites is 1. The van der Waals surface area contributed by atoms with Gasteiger partial charge in [-0.2, -0.15) is 5.26 Å². The van der Waals surface area contributed by atoms with Crippen LogP contribution in [0.1, 0.15) is 37.7 Å². The molecule has 0 aromatic heterocycles. The van der Waals surface area contributed by atoms with E-state index in [-0.39, 0.29) is 11.7 Å². The third-order valence-electron chi connectivity index (χ3n) is 4.87. The van der Waals surface area contributed by atoms with E-state index in [1.165, 1.54) is 0 Å². The third kappa shape index (κ3) is 2.33. The number of allylic oxidation sites excluding steroid dienone is 4. The lowest BCUT2D eigenvalue weighted by molar-refractivity contribution is -0.116. The van der Waals surface area contributed by atoms with Gasteiger partial charge in [0, 0.05) is 36.0 Å². The largest absolute Gasteiger partial charge is 0.496 e. The number of ether oxygens (including phenoxy) is 1. The van der Waals surface area contributed by atoms with Crippen molar-refractivity contribution in [2.45, 2.75) is 32.1 Å². The fourth-order valence-electron chi connectivity index (χ4n) is 3.62. The van der Waals surface area contributed by atoms with E-state index in [9.17, 15) is 10.1 Å². The second kappa shape index (κ2) is 5.92. The summed E-state index contributed by atoms with van der Waals surface area (Å²) < 4.78 is 5.49. The Hall–Kier alpha value is -2.54. The number of nitrogens with zero attached hydrogens (tertiary/aromatic N) is 2. The molecule has 3 rings (SSSR count). The van der Waals surface area contributed by atoms with Gasteiger partial charge in [0.15, 0.2) is 5.78 Å². The summed E-state index contributed by atoms with van der Waals surface area (Å²) in [5.41, 5.74) is 4.25. The number of hydrogen-bond donors (Lipinski definition) is 0. The molecule has 4 heteroatoms. The highest BCUT2D eigenvalue weighted by Gasteiger charge is 2.38. The van der Waals surface area contributed by atoms with E-state index < -0.39 is 0 Å². The van der Waals surface area contributed by atoms with E-state index in [0.29, 0.717) is 17.7 Å². The van der Waals surface area contributed by atoms with Crippen molar-refractivity contribution in [2.75, 3.05) is 14.2 Å². The maximum Gasteiger partial charge on any atom is 0.161 e. The average molecular weight is 308 g/mol. The summed E-state index contributed by atoms with van der Waals surface area (Å²) in [6.45, 7) is 1.95. The molecule has 1 heterocycles. The van der Waals surface area contributed by atoms with Crippen LogP contribution in [0.2, 0.25) is 0 Å². The van der Waals surface area contributed by atoms with Gasteiger partial charge in [-0.3, -0.25) is 4.79 Å². The Labute approximate surface area is 136 Å². The molecule has 0 spiro atoms. The van der Waals surface area contributed by atoms with Crippen LogP contribution in [0.4, 0.5) is 0 Å². The summed E-state index contributed by atoms with van der Waals surface area (Å²) >= 11 is 0. The van der Waals surface area contributed by atoms with Crippen LogP contribution in [0.25, 0.3) is 0 Å². The van der Waals surface area contributed by atoms with Crippen LogP contribution >= 0.6 is 0 Å². The summed E-state index contributed by atoms with van der Waals surface area (Å²) in [5, 5.41) is 9.74. The third-order valence-corrected chi connectivity index (χ3v) is 4.87. The summed E-state index contributed by atoms with van der Waals surface area (Å²) in [6, 6.07) is 9.99. The van der Waals surface area contributed by atoms with Crippen LogP contribution in [0, 0.1) is 11.3 Å². The van der Waals surface area contributed by atoms with Crippen molar-refractivity contribution in [1.29, 1.82) is 5.26 Å². The fourth-order valence-corrected chi connectivity index (χ4v) is 3.62. The minimum Gasteiger partial charge on any atom is -0.496 e. The van der Waals surface area contributed by atoms with E-state index >= 15 is 0 Å². The van der Waals surface area contributed by atoms with Gasteiger partial charge in [0.1, 0.15) is 5.75 Å². The molecule has 1 unspecified atom stereocenters. The van der Waals surface area contributed by atoms with Crippen LogP contribution in [-0.4, -0.2) is 24.8 Å². The smallest absolute Gasteiger partial charge is 0.161 e. The predicted molar refractivity (Wildman–Crippen MR) is 87.7 cm³/mol. The lowest BCUT2D eigenvalue weighted by atomic mass is 9.75. The number of carbonyl (C=O) groups is 1. The normalized spacial score (nSPS) is 21.2. The second-order valence-electron chi connectivity index (χ2n) is 5.98. The number of Topliss-reactive ketones (excluding diaryl/α,β-unsaturated/α-hetero) is 1. The highest BCUT2D eigenvalue weighted by molar-refractivity contribution is 6.00. The number of ketones is 1. The van der Waals surface area contributed by atoms with Gasteiger partial charge in [-0.25, -0.2) is 0 Å². The van der Waals surface area contributed by atoms with Crippen LogP contribution in [0.3, 0.4) is 0 Å². The molecule has 0 bridgehead atoms. The molecule has 0 saturated carbocycles. The van der Waals surface area contributed by atoms with E-state index in [4.69, 9.17) is 4.74 Å². The molecule has 1 atom stereocenters. The quantitative estimate of drug-likeness (QED) is 0.838. The highest BCUT2D eigenvalue weighted by atomic mass is 16.5. The molecule has 4 nitrogen and oxygen atoms in total. The van der Waals surface area contributed by atoms with E-state index in [1.54, 1.807) is 7.11 Å². The maximum absolute atomic E-state index is 12.7. The monoisotopic (exact) mass is 308 g/mol. The minimum atomic E-state index is -0.324. The molecular formula is C19H20N2O2. The summed E-state index contributed by atoms with van der Waals surface area (Å²) in [7, 11) is 3.56. The summed E-state index contributed by atoms with van der Waals surface area (Å²) in [4.78, 5) is 14.7. The Morgan fingerprint density at radius 3 is 2.74 bits per heavy atom. The van der Waals surface area contributed by atoms with Gasteiger partial charge in [-0.05, 0) is 25.8 Å². The summed E-state index contributed by atoms with van der Waals surface area (Å²) in [6.07, 6.45) is 2.30. The lowest BCUT2D eigenvalue weighted by Gasteiger charge is -2.38. The molecule has 2 aliphatic rings. The van der Waals surface area contributed by atoms with Gasteiger partial charge in [0.25, 0.3) is 0 Å². The van der Waals surface area contributed by atoms with Crippen molar-refractivity contribution in [3.8, 4) is 11.8 Å². The Morgan fingerprint density at radius 2 is 2.04 bits per heavy atom. The van der Waals surface area contributed by atoms with Crippen LogP contribution in [0.5, 0.6) is 5.75 Å². The molecule has 1 aliphatic heterocycles. The second-order valence-corrected chi connectivity index (χ2v) is 5.98. The molecular weight excluding hydrogens is 288 g/mol. The molecule has 1 aliphatic carbocycles. The van der Waals surface area contributed by atoms with Crippen LogP contribution < -0.4 is 4.74 Å². The average Bonchev–Trinajstić information content (AvgIpc) is 2.58. The highest BCUT2D eigenvalue weighted by Crippen LogP contribution is 2.47. The van der Waals surface area contributed by atoms with Crippen molar-refractivity contribution in [3.05, 3.63) is 52.4 Å². The number of nitriles is 1. The molecule has 1 aromatic carbocycles. The van der Waals surface area contributed by atoms with Crippen molar-refractivity contribution in [2.24, 2.45) is 0 Å². The molecule has 118 valence electrons. The van der Waals surface area contributed by atoms with Crippen molar-refractivity contribution in [3.63, 3.8) is 0 Å². The maximum atomic E-state index is 12.7. The van der Waals surface area contributed by atoms with Crippen molar-refractivity contribution in [1.82, 2.24) is 4.90 Å². The first kappa shape index (κ1) is 15.4. The predicted octanol–water partition coefficient (Wildman–Crippen LogP) is 3.53. The Balaban J connectivity index is 2.27. The molecule has 0 radical (unpaired) electrons. The topological polar surface area (TPSA) is 53.3 Å². The molecule has 1 aromatic rings. The first-order chi connectivity index (χ1) is 11.1. The number of rotatable bonds is 2. The number of carbonyl (C=O) groups excluding carboxylic acids is 1. The molecule has 0 amide bonds. The standard InChI is InChI=1S/C19H20N2O2/c1-12-14(11-20)18(13-7-4-5-10-17(13)23-3)19-15(21(12)2)8-6-9-16(19)22/h4-5,7,10,18H,6,8-9H2,1-3H3. The Bertz CT molecular complexity index is 768. The summed E-state index contributed by atoms with van der Waals surface area (Å²) in [5.74, 6) is 0.539. The zero-order valence-corrected chi connectivity index (χ0v) is 13.7. The molecule has 0 fully saturated rings. The van der Waals surface area contributed by atoms with Gasteiger partial charge in [-0.15, -0.1) is 0 Å². The van der Waals surface area contributed by atoms with Gasteiger partial charge in [-0.1, -0.05) is 18.2 Å². The number of benzene rings is 1. The Kier molecular flexibility index (Phi) is 3.96. The van der Waals surface area contributed by atoms with Crippen molar-refractivity contribution >= 4 is 5.78 Å². The van der Waals surface area contributed by atoms with Crippen LogP contribution in [-0.2, 0) is 4.79 Å². The zero-order chi connectivity index (χ0) is 16.6. The first-order valence-electron chi connectivity index (χ1n) is 7.84. The molecule has 0 saturated heterocycles. The SMILES string of the molecule is COc1ccccc1C1C(C#N)=C(C)N(C)C2=C1C(=O)CCC2. The first-order valence-corrected chi connectivity index (χ1v) is 7.84. The van der Waals surface area contributed by atoms with E-state index in [2.05, 4.69) is 6.07 Å². The van der Waals surface area contributed by atoms with Crippen molar-refractivity contribution < 1.29 is 9.53 Å².